The van der Waals surface area contributed by atoms with Crippen molar-refractivity contribution in [1.82, 2.24) is 4.90 Å². The van der Waals surface area contributed by atoms with Crippen molar-refractivity contribution in [2.45, 2.75) is 51.4 Å². The summed E-state index contributed by atoms with van der Waals surface area (Å²) >= 11 is 0. The highest BCUT2D eigenvalue weighted by Crippen LogP contribution is 2.39. The van der Waals surface area contributed by atoms with E-state index < -0.39 is 12.7 Å². The summed E-state index contributed by atoms with van der Waals surface area (Å²) in [6.45, 7) is 2.65. The van der Waals surface area contributed by atoms with Crippen LogP contribution in [0.4, 0.5) is 13.2 Å². The van der Waals surface area contributed by atoms with Crippen LogP contribution >= 0.6 is 0 Å². The number of nitrogens with zero attached hydrogens (tertiary/aromatic N) is 1. The van der Waals surface area contributed by atoms with Gasteiger partial charge in [0.2, 0.25) is 0 Å². The first kappa shape index (κ1) is 15.2. The lowest BCUT2D eigenvalue weighted by atomic mass is 9.85. The van der Waals surface area contributed by atoms with Crippen LogP contribution in [0.1, 0.15) is 43.9 Å². The number of rotatable bonds is 3. The largest absolute Gasteiger partial charge is 0.508 e. The lowest BCUT2D eigenvalue weighted by molar-refractivity contribution is -0.156. The number of alkyl halides is 3. The Morgan fingerprint density at radius 2 is 2.05 bits per heavy atom. The third kappa shape index (κ3) is 3.26. The van der Waals surface area contributed by atoms with Crippen LogP contribution in [0.5, 0.6) is 5.75 Å². The summed E-state index contributed by atoms with van der Waals surface area (Å²) in [6, 6.07) is 4.68. The van der Waals surface area contributed by atoms with Crippen molar-refractivity contribution in [3.63, 3.8) is 0 Å². The predicted molar refractivity (Wildman–Crippen MR) is 71.7 cm³/mol. The van der Waals surface area contributed by atoms with Gasteiger partial charge in [-0.2, -0.15) is 13.2 Å². The lowest BCUT2D eigenvalue weighted by Crippen LogP contribution is -2.42. The zero-order valence-electron chi connectivity index (χ0n) is 11.7. The highest BCUT2D eigenvalue weighted by molar-refractivity contribution is 5.42. The van der Waals surface area contributed by atoms with E-state index in [4.69, 9.17) is 0 Å². The van der Waals surface area contributed by atoms with E-state index in [9.17, 15) is 18.3 Å². The van der Waals surface area contributed by atoms with Crippen LogP contribution in [0, 0.1) is 0 Å². The number of benzene rings is 1. The van der Waals surface area contributed by atoms with Gasteiger partial charge < -0.3 is 5.11 Å². The topological polar surface area (TPSA) is 23.5 Å². The molecule has 0 saturated carbocycles. The molecule has 0 fully saturated rings. The number of phenols is 1. The molecule has 0 radical (unpaired) electrons. The summed E-state index contributed by atoms with van der Waals surface area (Å²) in [5.41, 5.74) is 1.64. The molecule has 20 heavy (non-hydrogen) atoms. The molecular formula is C15H20F3NO. The average Bonchev–Trinajstić information content (AvgIpc) is 2.35. The minimum absolute atomic E-state index is 0.197. The first-order valence-corrected chi connectivity index (χ1v) is 6.93. The minimum atomic E-state index is -4.21. The Morgan fingerprint density at radius 3 is 2.65 bits per heavy atom. The number of fused-ring (bicyclic) bond motifs is 1. The molecule has 1 aliphatic carbocycles. The third-order valence-corrected chi connectivity index (χ3v) is 3.88. The van der Waals surface area contributed by atoms with Gasteiger partial charge in [0, 0.05) is 12.1 Å². The second-order valence-electron chi connectivity index (χ2n) is 5.63. The van der Waals surface area contributed by atoms with E-state index in [1.807, 2.05) is 6.07 Å². The number of halogens is 3. The van der Waals surface area contributed by atoms with Gasteiger partial charge in [-0.25, -0.2) is 0 Å². The quantitative estimate of drug-likeness (QED) is 0.907. The van der Waals surface area contributed by atoms with Crippen molar-refractivity contribution in [3.8, 4) is 5.75 Å². The SMILES string of the molecule is CC(C)N(CC(F)(F)F)C1CCCc2c(O)cccc21. The van der Waals surface area contributed by atoms with Gasteiger partial charge in [-0.3, -0.25) is 4.90 Å². The minimum Gasteiger partial charge on any atom is -0.508 e. The molecule has 2 rings (SSSR count). The Kier molecular flexibility index (Phi) is 4.28. The zero-order valence-corrected chi connectivity index (χ0v) is 11.7. The van der Waals surface area contributed by atoms with Crippen molar-refractivity contribution in [2.24, 2.45) is 0 Å². The average molecular weight is 287 g/mol. The first-order valence-electron chi connectivity index (χ1n) is 6.93. The van der Waals surface area contributed by atoms with E-state index in [2.05, 4.69) is 0 Å². The summed E-state index contributed by atoms with van der Waals surface area (Å²) in [4.78, 5) is 1.48. The van der Waals surface area contributed by atoms with Gasteiger partial charge in [-0.1, -0.05) is 12.1 Å². The van der Waals surface area contributed by atoms with Gasteiger partial charge in [0.25, 0.3) is 0 Å². The number of aromatic hydroxyl groups is 1. The molecule has 0 heterocycles. The van der Waals surface area contributed by atoms with Crippen LogP contribution in [0.3, 0.4) is 0 Å². The van der Waals surface area contributed by atoms with E-state index in [0.29, 0.717) is 6.42 Å². The van der Waals surface area contributed by atoms with Gasteiger partial charge in [-0.05, 0) is 50.3 Å². The van der Waals surface area contributed by atoms with Crippen LogP contribution < -0.4 is 0 Å². The number of hydrogen-bond donors (Lipinski definition) is 1. The van der Waals surface area contributed by atoms with Crippen molar-refractivity contribution >= 4 is 0 Å². The fourth-order valence-electron chi connectivity index (χ4n) is 3.01. The van der Waals surface area contributed by atoms with E-state index in [0.717, 1.165) is 24.0 Å². The molecule has 0 bridgehead atoms. The van der Waals surface area contributed by atoms with Crippen LogP contribution in [-0.2, 0) is 6.42 Å². The lowest BCUT2D eigenvalue weighted by Gasteiger charge is -2.39. The maximum absolute atomic E-state index is 12.8. The Bertz CT molecular complexity index is 471. The van der Waals surface area contributed by atoms with E-state index >= 15 is 0 Å². The van der Waals surface area contributed by atoms with E-state index in [1.165, 1.54) is 4.90 Å². The van der Waals surface area contributed by atoms with Crippen LogP contribution in [-0.4, -0.2) is 28.8 Å². The number of phenolic OH excluding ortho intramolecular Hbond substituents is 1. The smallest absolute Gasteiger partial charge is 0.401 e. The maximum Gasteiger partial charge on any atom is 0.401 e. The van der Waals surface area contributed by atoms with Gasteiger partial charge in [0.15, 0.2) is 0 Å². The third-order valence-electron chi connectivity index (χ3n) is 3.88. The summed E-state index contributed by atoms with van der Waals surface area (Å²) in [7, 11) is 0. The monoisotopic (exact) mass is 287 g/mol. The molecule has 1 aromatic rings. The molecule has 0 amide bonds. The number of hydrogen-bond acceptors (Lipinski definition) is 2. The normalized spacial score (nSPS) is 19.4. The second-order valence-corrected chi connectivity index (χ2v) is 5.63. The molecule has 0 spiro atoms. The molecule has 1 aliphatic rings. The molecule has 1 aromatic carbocycles. The first-order chi connectivity index (χ1) is 9.29. The van der Waals surface area contributed by atoms with Crippen LogP contribution in [0.15, 0.2) is 18.2 Å². The Hall–Kier alpha value is -1.23. The molecule has 112 valence electrons. The standard InChI is InChI=1S/C15H20F3NO/c1-10(2)19(9-15(16,17)18)13-7-3-6-12-11(13)5-4-8-14(12)20/h4-5,8,10,13,20H,3,6-7,9H2,1-2H3. The Morgan fingerprint density at radius 1 is 1.35 bits per heavy atom. The zero-order chi connectivity index (χ0) is 14.9. The molecular weight excluding hydrogens is 267 g/mol. The molecule has 0 aromatic heterocycles. The second kappa shape index (κ2) is 5.64. The molecule has 1 atom stereocenters. The van der Waals surface area contributed by atoms with Gasteiger partial charge in [0.1, 0.15) is 5.75 Å². The van der Waals surface area contributed by atoms with Crippen LogP contribution in [0.2, 0.25) is 0 Å². The Balaban J connectivity index is 2.35. The van der Waals surface area contributed by atoms with Crippen molar-refractivity contribution in [1.29, 1.82) is 0 Å². The fourth-order valence-corrected chi connectivity index (χ4v) is 3.01. The Labute approximate surface area is 117 Å². The van der Waals surface area contributed by atoms with Gasteiger partial charge in [-0.15, -0.1) is 0 Å². The molecule has 0 aliphatic heterocycles. The van der Waals surface area contributed by atoms with Crippen LogP contribution in [0.25, 0.3) is 0 Å². The van der Waals surface area contributed by atoms with E-state index in [1.54, 1.807) is 26.0 Å². The maximum atomic E-state index is 12.8. The molecule has 1 N–H and O–H groups in total. The molecule has 1 unspecified atom stereocenters. The molecule has 5 heteroatoms. The highest BCUT2D eigenvalue weighted by Gasteiger charge is 2.37. The highest BCUT2D eigenvalue weighted by atomic mass is 19.4. The van der Waals surface area contributed by atoms with Crippen molar-refractivity contribution < 1.29 is 18.3 Å². The van der Waals surface area contributed by atoms with Gasteiger partial charge in [0.05, 0.1) is 6.54 Å². The summed E-state index contributed by atoms with van der Waals surface area (Å²) in [5.74, 6) is 0.197. The summed E-state index contributed by atoms with van der Waals surface area (Å²) in [5, 5.41) is 9.89. The summed E-state index contributed by atoms with van der Waals surface area (Å²) < 4.78 is 38.4. The van der Waals surface area contributed by atoms with Gasteiger partial charge >= 0.3 is 6.18 Å². The van der Waals surface area contributed by atoms with Crippen molar-refractivity contribution in [2.75, 3.05) is 6.54 Å². The predicted octanol–water partition coefficient (Wildman–Crippen LogP) is 4.04. The molecule has 2 nitrogen and oxygen atoms in total. The molecule has 0 saturated heterocycles. The van der Waals surface area contributed by atoms with Crippen molar-refractivity contribution in [3.05, 3.63) is 29.3 Å². The summed E-state index contributed by atoms with van der Waals surface area (Å²) in [6.07, 6.45) is -1.98. The van der Waals surface area contributed by atoms with E-state index in [-0.39, 0.29) is 17.8 Å². The fraction of sp³-hybridized carbons (Fsp3) is 0.600.